The lowest BCUT2D eigenvalue weighted by Crippen LogP contribution is -2.04. The summed E-state index contributed by atoms with van der Waals surface area (Å²) in [5.41, 5.74) is -0.664. The molecule has 0 saturated carbocycles. The minimum Gasteiger partial charge on any atom is -0.478 e. The van der Waals surface area contributed by atoms with Crippen LogP contribution in [0.1, 0.15) is 20.7 Å². The molecular formula is C8H2Cl4O3S. The molecule has 16 heavy (non-hydrogen) atoms. The van der Waals surface area contributed by atoms with Crippen molar-refractivity contribution in [3.8, 4) is 0 Å². The molecule has 86 valence electrons. The van der Waals surface area contributed by atoms with Gasteiger partial charge in [-0.15, -0.1) is 12.6 Å². The van der Waals surface area contributed by atoms with Gasteiger partial charge in [-0.05, 0) is 0 Å². The molecule has 1 N–H and O–H groups in total. The Balaban J connectivity index is 3.77. The molecule has 0 spiro atoms. The standard InChI is InChI=1S/C8H2Cl4O3S/c9-3-1(7(13)14)4(10)6(12)2(5(3)11)8(15)16/h(H,13,14)(H,15,16). The number of benzene rings is 1. The highest BCUT2D eigenvalue weighted by Crippen LogP contribution is 2.41. The Morgan fingerprint density at radius 2 is 1.19 bits per heavy atom. The number of carboxylic acids is 1. The number of hydrogen-bond donors (Lipinski definition) is 2. The second-order valence-electron chi connectivity index (χ2n) is 2.62. The Morgan fingerprint density at radius 3 is 1.44 bits per heavy atom. The fourth-order valence-corrected chi connectivity index (χ4v) is 2.55. The highest BCUT2D eigenvalue weighted by atomic mass is 35.5. The summed E-state index contributed by atoms with van der Waals surface area (Å²) in [6.07, 6.45) is 0. The van der Waals surface area contributed by atoms with Crippen LogP contribution in [-0.4, -0.2) is 16.2 Å². The summed E-state index contributed by atoms with van der Waals surface area (Å²) < 4.78 is 0. The number of rotatable bonds is 2. The van der Waals surface area contributed by atoms with Crippen LogP contribution in [0.3, 0.4) is 0 Å². The number of aromatic carboxylic acids is 1. The molecule has 0 aromatic heterocycles. The van der Waals surface area contributed by atoms with Crippen molar-refractivity contribution >= 4 is 70.1 Å². The van der Waals surface area contributed by atoms with Gasteiger partial charge in [0.15, 0.2) is 0 Å². The van der Waals surface area contributed by atoms with Crippen LogP contribution in [0.4, 0.5) is 0 Å². The SMILES string of the molecule is O=C(O)c1c(Cl)c(Cl)c(C(=O)S)c(Cl)c1Cl. The van der Waals surface area contributed by atoms with Crippen LogP contribution in [0.15, 0.2) is 0 Å². The van der Waals surface area contributed by atoms with Crippen LogP contribution in [0.5, 0.6) is 0 Å². The smallest absolute Gasteiger partial charge is 0.338 e. The third-order valence-electron chi connectivity index (χ3n) is 1.69. The summed E-state index contributed by atoms with van der Waals surface area (Å²) in [5.74, 6) is -1.39. The average molecular weight is 320 g/mol. The van der Waals surface area contributed by atoms with Crippen LogP contribution in [0, 0.1) is 0 Å². The lowest BCUT2D eigenvalue weighted by atomic mass is 10.1. The van der Waals surface area contributed by atoms with E-state index in [0.717, 1.165) is 0 Å². The highest BCUT2D eigenvalue weighted by Gasteiger charge is 2.26. The van der Waals surface area contributed by atoms with Crippen LogP contribution < -0.4 is 0 Å². The number of thiol groups is 1. The molecule has 0 heterocycles. The normalized spacial score (nSPS) is 10.3. The van der Waals surface area contributed by atoms with E-state index in [1.807, 2.05) is 0 Å². The van der Waals surface area contributed by atoms with Gasteiger partial charge in [0, 0.05) is 0 Å². The molecule has 0 bridgehead atoms. The molecule has 3 nitrogen and oxygen atoms in total. The maximum atomic E-state index is 11.1. The number of halogens is 4. The number of carbonyl (C=O) groups is 2. The van der Waals surface area contributed by atoms with Gasteiger partial charge in [0.2, 0.25) is 5.12 Å². The van der Waals surface area contributed by atoms with E-state index in [1.54, 1.807) is 0 Å². The van der Waals surface area contributed by atoms with E-state index >= 15 is 0 Å². The third-order valence-corrected chi connectivity index (χ3v) is 3.62. The van der Waals surface area contributed by atoms with Crippen molar-refractivity contribution in [2.75, 3.05) is 0 Å². The average Bonchev–Trinajstić information content (AvgIpc) is 2.14. The van der Waals surface area contributed by atoms with Gasteiger partial charge in [0.05, 0.1) is 31.2 Å². The van der Waals surface area contributed by atoms with Gasteiger partial charge in [0.1, 0.15) is 0 Å². The summed E-state index contributed by atoms with van der Waals surface area (Å²) in [6.45, 7) is 0. The first kappa shape index (κ1) is 13.9. The Labute approximate surface area is 116 Å². The summed E-state index contributed by atoms with van der Waals surface area (Å²) >= 11 is 26.3. The van der Waals surface area contributed by atoms with Crippen molar-refractivity contribution in [2.24, 2.45) is 0 Å². The number of carbonyl (C=O) groups excluding carboxylic acids is 1. The lowest BCUT2D eigenvalue weighted by Gasteiger charge is -2.10. The minimum atomic E-state index is -1.39. The molecule has 0 aliphatic carbocycles. The quantitative estimate of drug-likeness (QED) is 0.638. The van der Waals surface area contributed by atoms with E-state index in [9.17, 15) is 9.59 Å². The fourth-order valence-electron chi connectivity index (χ4n) is 1.01. The predicted octanol–water partition coefficient (Wildman–Crippen LogP) is 4.07. The first-order valence-electron chi connectivity index (χ1n) is 3.61. The second-order valence-corrected chi connectivity index (χ2v) is 4.53. The molecule has 0 saturated heterocycles. The molecular weight excluding hydrogens is 318 g/mol. The monoisotopic (exact) mass is 318 g/mol. The molecule has 0 radical (unpaired) electrons. The van der Waals surface area contributed by atoms with E-state index in [-0.39, 0.29) is 25.7 Å². The topological polar surface area (TPSA) is 54.4 Å². The van der Waals surface area contributed by atoms with Crippen molar-refractivity contribution in [3.63, 3.8) is 0 Å². The molecule has 8 heteroatoms. The van der Waals surface area contributed by atoms with Gasteiger partial charge in [-0.25, -0.2) is 4.79 Å². The van der Waals surface area contributed by atoms with Gasteiger partial charge in [-0.1, -0.05) is 46.4 Å². The predicted molar refractivity (Wildman–Crippen MR) is 66.8 cm³/mol. The summed E-state index contributed by atoms with van der Waals surface area (Å²) in [4.78, 5) is 21.9. The second kappa shape index (κ2) is 5.02. The zero-order valence-electron chi connectivity index (χ0n) is 7.22. The van der Waals surface area contributed by atoms with Crippen molar-refractivity contribution in [1.29, 1.82) is 0 Å². The van der Waals surface area contributed by atoms with E-state index in [1.165, 1.54) is 0 Å². The van der Waals surface area contributed by atoms with Crippen LogP contribution >= 0.6 is 59.0 Å². The largest absolute Gasteiger partial charge is 0.478 e. The Morgan fingerprint density at radius 1 is 0.875 bits per heavy atom. The van der Waals surface area contributed by atoms with Crippen molar-refractivity contribution in [2.45, 2.75) is 0 Å². The molecule has 0 unspecified atom stereocenters. The molecule has 0 atom stereocenters. The molecule has 0 amide bonds. The summed E-state index contributed by atoms with van der Waals surface area (Å²) in [7, 11) is 0. The molecule has 1 aromatic rings. The molecule has 1 aromatic carbocycles. The molecule has 0 fully saturated rings. The highest BCUT2D eigenvalue weighted by molar-refractivity contribution is 7.97. The van der Waals surface area contributed by atoms with Gasteiger partial charge < -0.3 is 5.11 Å². The minimum absolute atomic E-state index is 0.216. The van der Waals surface area contributed by atoms with Gasteiger partial charge >= 0.3 is 5.97 Å². The fraction of sp³-hybridized carbons (Fsp3) is 0. The van der Waals surface area contributed by atoms with Crippen LogP contribution in [0.2, 0.25) is 20.1 Å². The molecule has 1 rings (SSSR count). The Kier molecular flexibility index (Phi) is 4.37. The van der Waals surface area contributed by atoms with Crippen molar-refractivity contribution in [1.82, 2.24) is 0 Å². The summed E-state index contributed by atoms with van der Waals surface area (Å²) in [5, 5.41) is 6.82. The third kappa shape index (κ3) is 2.26. The molecule has 0 aliphatic rings. The van der Waals surface area contributed by atoms with Crippen molar-refractivity contribution < 1.29 is 14.7 Å². The van der Waals surface area contributed by atoms with Gasteiger partial charge in [0.25, 0.3) is 0 Å². The zero-order chi connectivity index (χ0) is 12.6. The van der Waals surface area contributed by atoms with Gasteiger partial charge in [-0.2, -0.15) is 0 Å². The first-order chi connectivity index (χ1) is 7.29. The van der Waals surface area contributed by atoms with Crippen LogP contribution in [0.25, 0.3) is 0 Å². The maximum absolute atomic E-state index is 11.1. The Bertz CT molecular complexity index is 427. The molecule has 0 aliphatic heterocycles. The zero-order valence-corrected chi connectivity index (χ0v) is 11.1. The Hall–Kier alpha value is -0.130. The number of hydrogen-bond acceptors (Lipinski definition) is 2. The summed E-state index contributed by atoms with van der Waals surface area (Å²) in [6, 6.07) is 0. The maximum Gasteiger partial charge on any atom is 0.338 e. The van der Waals surface area contributed by atoms with E-state index in [4.69, 9.17) is 51.5 Å². The van der Waals surface area contributed by atoms with E-state index in [2.05, 4.69) is 12.6 Å². The number of carboxylic acid groups (broad SMARTS) is 1. The lowest BCUT2D eigenvalue weighted by molar-refractivity contribution is 0.0697. The van der Waals surface area contributed by atoms with Crippen LogP contribution in [-0.2, 0) is 0 Å². The van der Waals surface area contributed by atoms with Gasteiger partial charge in [-0.3, -0.25) is 4.79 Å². The van der Waals surface area contributed by atoms with Crippen molar-refractivity contribution in [3.05, 3.63) is 31.2 Å². The van der Waals surface area contributed by atoms with E-state index in [0.29, 0.717) is 0 Å². The van der Waals surface area contributed by atoms with E-state index < -0.39 is 16.6 Å². The first-order valence-corrected chi connectivity index (χ1v) is 5.57.